The largest absolute Gasteiger partial charge is 0.481 e. The van der Waals surface area contributed by atoms with E-state index in [4.69, 9.17) is 0 Å². The van der Waals surface area contributed by atoms with Crippen LogP contribution < -0.4 is 0 Å². The highest BCUT2D eigenvalue weighted by Gasteiger charge is 2.44. The number of carbonyl (C=O) groups excluding carboxylic acids is 2. The van der Waals surface area contributed by atoms with Gasteiger partial charge in [-0.2, -0.15) is 0 Å². The van der Waals surface area contributed by atoms with Crippen LogP contribution in [0.3, 0.4) is 0 Å². The highest BCUT2D eigenvalue weighted by Crippen LogP contribution is 2.36. The van der Waals surface area contributed by atoms with Gasteiger partial charge in [0.15, 0.2) is 0 Å². The standard InChI is InChI=1S/C22H22N2O4/c25-19(15-24-14-16-6-4-5-9-18(16)20(24)26)23-12-10-22(11-13-23,21(27)28)17-7-2-1-3-8-17/h1-9H,10-15H2,(H,27,28). The summed E-state index contributed by atoms with van der Waals surface area (Å²) in [7, 11) is 0. The van der Waals surface area contributed by atoms with Gasteiger partial charge in [0.1, 0.15) is 6.54 Å². The second-order valence-corrected chi connectivity index (χ2v) is 7.45. The number of carboxylic acid groups (broad SMARTS) is 1. The molecule has 6 nitrogen and oxygen atoms in total. The topological polar surface area (TPSA) is 77.9 Å². The molecule has 0 aliphatic carbocycles. The third kappa shape index (κ3) is 3.05. The normalized spacial score (nSPS) is 18.1. The van der Waals surface area contributed by atoms with Crippen LogP contribution in [0.15, 0.2) is 54.6 Å². The fraction of sp³-hybridized carbons (Fsp3) is 0.318. The maximum atomic E-state index is 12.8. The number of benzene rings is 2. The quantitative estimate of drug-likeness (QED) is 0.886. The van der Waals surface area contributed by atoms with Gasteiger partial charge < -0.3 is 14.9 Å². The molecular weight excluding hydrogens is 356 g/mol. The predicted octanol–water partition coefficient (Wildman–Crippen LogP) is 2.29. The molecular formula is C22H22N2O4. The Hall–Kier alpha value is -3.15. The van der Waals surface area contributed by atoms with Crippen molar-refractivity contribution in [3.8, 4) is 0 Å². The Kier molecular flexibility index (Phi) is 4.63. The Morgan fingerprint density at radius 1 is 0.964 bits per heavy atom. The van der Waals surface area contributed by atoms with Crippen LogP contribution in [0.25, 0.3) is 0 Å². The zero-order valence-electron chi connectivity index (χ0n) is 15.5. The molecule has 1 N–H and O–H groups in total. The van der Waals surface area contributed by atoms with Gasteiger partial charge in [-0.05, 0) is 30.0 Å². The molecule has 6 heteroatoms. The number of rotatable bonds is 4. The minimum absolute atomic E-state index is 0.0267. The van der Waals surface area contributed by atoms with Gasteiger partial charge >= 0.3 is 5.97 Å². The van der Waals surface area contributed by atoms with Crippen LogP contribution in [0.4, 0.5) is 0 Å². The van der Waals surface area contributed by atoms with Crippen molar-refractivity contribution in [2.24, 2.45) is 0 Å². The summed E-state index contributed by atoms with van der Waals surface area (Å²) in [5.41, 5.74) is 1.41. The number of likely N-dealkylation sites (tertiary alicyclic amines) is 1. The number of carbonyl (C=O) groups is 3. The van der Waals surface area contributed by atoms with Gasteiger partial charge in [-0.1, -0.05) is 48.5 Å². The first kappa shape index (κ1) is 18.2. The summed E-state index contributed by atoms with van der Waals surface area (Å²) in [5.74, 6) is -1.10. The van der Waals surface area contributed by atoms with E-state index in [1.807, 2.05) is 48.5 Å². The average Bonchev–Trinajstić information content (AvgIpc) is 3.04. The zero-order chi connectivity index (χ0) is 19.7. The van der Waals surface area contributed by atoms with Crippen LogP contribution in [0, 0.1) is 0 Å². The Labute approximate surface area is 163 Å². The first-order chi connectivity index (χ1) is 13.5. The third-order valence-electron chi connectivity index (χ3n) is 5.93. The van der Waals surface area contributed by atoms with Gasteiger partial charge in [-0.3, -0.25) is 14.4 Å². The monoisotopic (exact) mass is 378 g/mol. The molecule has 2 aromatic rings. The van der Waals surface area contributed by atoms with Crippen molar-refractivity contribution < 1.29 is 19.5 Å². The van der Waals surface area contributed by atoms with Crippen LogP contribution in [0.1, 0.15) is 34.3 Å². The van der Waals surface area contributed by atoms with Crippen LogP contribution in [-0.4, -0.2) is 52.3 Å². The molecule has 4 rings (SSSR count). The Balaban J connectivity index is 1.42. The molecule has 0 radical (unpaired) electrons. The fourth-order valence-corrected chi connectivity index (χ4v) is 4.23. The maximum Gasteiger partial charge on any atom is 0.314 e. The number of amides is 2. The van der Waals surface area contributed by atoms with E-state index < -0.39 is 11.4 Å². The van der Waals surface area contributed by atoms with Gasteiger partial charge in [-0.15, -0.1) is 0 Å². The van der Waals surface area contributed by atoms with Crippen molar-refractivity contribution in [2.75, 3.05) is 19.6 Å². The summed E-state index contributed by atoms with van der Waals surface area (Å²) in [5, 5.41) is 9.88. The maximum absolute atomic E-state index is 12.8. The van der Waals surface area contributed by atoms with Crippen molar-refractivity contribution in [2.45, 2.75) is 24.8 Å². The van der Waals surface area contributed by atoms with Gasteiger partial charge in [0.05, 0.1) is 5.41 Å². The van der Waals surface area contributed by atoms with E-state index in [2.05, 4.69) is 0 Å². The van der Waals surface area contributed by atoms with Gasteiger partial charge in [-0.25, -0.2) is 0 Å². The minimum atomic E-state index is -0.961. The summed E-state index contributed by atoms with van der Waals surface area (Å²) in [6.07, 6.45) is 0.735. The summed E-state index contributed by atoms with van der Waals surface area (Å²) in [4.78, 5) is 40.5. The van der Waals surface area contributed by atoms with E-state index in [1.54, 1.807) is 15.9 Å². The number of piperidine rings is 1. The highest BCUT2D eigenvalue weighted by molar-refractivity contribution is 6.00. The number of aliphatic carboxylic acids is 1. The predicted molar refractivity (Wildman–Crippen MR) is 103 cm³/mol. The lowest BCUT2D eigenvalue weighted by Crippen LogP contribution is -2.51. The van der Waals surface area contributed by atoms with Crippen molar-refractivity contribution in [3.05, 3.63) is 71.3 Å². The lowest BCUT2D eigenvalue weighted by molar-refractivity contribution is -0.148. The summed E-state index contributed by atoms with van der Waals surface area (Å²) in [6.45, 7) is 1.21. The molecule has 28 heavy (non-hydrogen) atoms. The van der Waals surface area contributed by atoms with Gasteiger partial charge in [0.25, 0.3) is 5.91 Å². The fourth-order valence-electron chi connectivity index (χ4n) is 4.23. The first-order valence-electron chi connectivity index (χ1n) is 9.45. The molecule has 0 saturated carbocycles. The second-order valence-electron chi connectivity index (χ2n) is 7.45. The first-order valence-corrected chi connectivity index (χ1v) is 9.45. The lowest BCUT2D eigenvalue weighted by atomic mass is 9.73. The van der Waals surface area contributed by atoms with E-state index in [-0.39, 0.29) is 18.4 Å². The lowest BCUT2D eigenvalue weighted by Gasteiger charge is -2.39. The van der Waals surface area contributed by atoms with E-state index in [0.29, 0.717) is 38.0 Å². The number of fused-ring (bicyclic) bond motifs is 1. The summed E-state index contributed by atoms with van der Waals surface area (Å²) < 4.78 is 0. The Bertz CT molecular complexity index is 917. The van der Waals surface area contributed by atoms with Gasteiger partial charge in [0.2, 0.25) is 5.91 Å². The molecule has 1 saturated heterocycles. The van der Waals surface area contributed by atoms with E-state index >= 15 is 0 Å². The van der Waals surface area contributed by atoms with E-state index in [9.17, 15) is 19.5 Å². The molecule has 0 atom stereocenters. The van der Waals surface area contributed by atoms with E-state index in [1.165, 1.54) is 0 Å². The molecule has 2 aromatic carbocycles. The van der Waals surface area contributed by atoms with E-state index in [0.717, 1.165) is 11.1 Å². The molecule has 0 unspecified atom stereocenters. The summed E-state index contributed by atoms with van der Waals surface area (Å²) >= 11 is 0. The van der Waals surface area contributed by atoms with Crippen LogP contribution >= 0.6 is 0 Å². The Morgan fingerprint density at radius 3 is 2.25 bits per heavy atom. The number of carboxylic acids is 1. The minimum Gasteiger partial charge on any atom is -0.481 e. The third-order valence-corrected chi connectivity index (χ3v) is 5.93. The van der Waals surface area contributed by atoms with Gasteiger partial charge in [0, 0.05) is 25.2 Å². The average molecular weight is 378 g/mol. The smallest absolute Gasteiger partial charge is 0.314 e. The summed E-state index contributed by atoms with van der Waals surface area (Å²) in [6, 6.07) is 16.6. The molecule has 2 heterocycles. The zero-order valence-corrected chi connectivity index (χ0v) is 15.5. The van der Waals surface area contributed by atoms with Crippen molar-refractivity contribution in [1.82, 2.24) is 9.80 Å². The van der Waals surface area contributed by atoms with Crippen molar-refractivity contribution in [3.63, 3.8) is 0 Å². The molecule has 2 amide bonds. The SMILES string of the molecule is O=C(CN1Cc2ccccc2C1=O)N1CCC(C(=O)O)(c2ccccc2)CC1. The van der Waals surface area contributed by atoms with Crippen LogP contribution in [0.5, 0.6) is 0 Å². The van der Waals surface area contributed by atoms with Crippen LogP contribution in [0.2, 0.25) is 0 Å². The molecule has 0 spiro atoms. The Morgan fingerprint density at radius 2 is 1.61 bits per heavy atom. The second kappa shape index (κ2) is 7.11. The number of hydrogen-bond donors (Lipinski definition) is 1. The molecule has 0 aromatic heterocycles. The molecule has 2 aliphatic heterocycles. The molecule has 1 fully saturated rings. The molecule has 2 aliphatic rings. The van der Waals surface area contributed by atoms with Crippen molar-refractivity contribution in [1.29, 1.82) is 0 Å². The molecule has 0 bridgehead atoms. The van der Waals surface area contributed by atoms with Crippen molar-refractivity contribution >= 4 is 17.8 Å². The van der Waals surface area contributed by atoms with Crippen LogP contribution in [-0.2, 0) is 21.5 Å². The number of hydrogen-bond acceptors (Lipinski definition) is 3. The highest BCUT2D eigenvalue weighted by atomic mass is 16.4. The molecule has 144 valence electrons. The number of nitrogens with zero attached hydrogens (tertiary/aromatic N) is 2.